The van der Waals surface area contributed by atoms with Crippen molar-refractivity contribution in [1.82, 2.24) is 5.32 Å². The molecule has 1 unspecified atom stereocenters. The summed E-state index contributed by atoms with van der Waals surface area (Å²) in [4.78, 5) is 10.6. The van der Waals surface area contributed by atoms with Gasteiger partial charge in [0.25, 0.3) is 0 Å². The van der Waals surface area contributed by atoms with E-state index in [1.165, 1.54) is 0 Å². The van der Waals surface area contributed by atoms with E-state index in [-0.39, 0.29) is 11.2 Å². The molecule has 8 heavy (non-hydrogen) atoms. The van der Waals surface area contributed by atoms with Crippen LogP contribution in [0.15, 0.2) is 0 Å². The highest BCUT2D eigenvalue weighted by Crippen LogP contribution is 1.93. The fraction of sp³-hybridized carbons (Fsp3) is 0.800. The molecule has 0 aliphatic heterocycles. The predicted octanol–water partition coefficient (Wildman–Crippen LogP) is 0.441. The molecular weight excluding hydrogens is 122 g/mol. The monoisotopic (exact) mass is 133 g/mol. The van der Waals surface area contributed by atoms with Crippen molar-refractivity contribution in [2.75, 3.05) is 7.05 Å². The fourth-order valence-corrected chi connectivity index (χ4v) is 0.537. The van der Waals surface area contributed by atoms with Crippen LogP contribution in [-0.2, 0) is 4.79 Å². The smallest absolute Gasteiger partial charge is 0.159 e. The maximum atomic E-state index is 10.6. The van der Waals surface area contributed by atoms with Gasteiger partial charge in [0.15, 0.2) is 5.78 Å². The second-order valence-corrected chi connectivity index (χ2v) is 2.03. The maximum absolute atomic E-state index is 10.6. The molecule has 0 saturated heterocycles. The lowest BCUT2D eigenvalue weighted by Gasteiger charge is -2.03. The van der Waals surface area contributed by atoms with Crippen molar-refractivity contribution in [3.63, 3.8) is 0 Å². The van der Waals surface area contributed by atoms with Crippen LogP contribution < -0.4 is 5.32 Å². The van der Waals surface area contributed by atoms with Crippen molar-refractivity contribution < 1.29 is 4.79 Å². The van der Waals surface area contributed by atoms with Crippen LogP contribution in [0.5, 0.6) is 0 Å². The molecule has 0 fully saturated rings. The van der Waals surface area contributed by atoms with Gasteiger partial charge in [-0.25, -0.2) is 0 Å². The van der Waals surface area contributed by atoms with Crippen molar-refractivity contribution in [2.45, 2.75) is 18.7 Å². The summed E-state index contributed by atoms with van der Waals surface area (Å²) in [5.41, 5.74) is 0. The Bertz CT molecular complexity index is 84.5. The summed E-state index contributed by atoms with van der Waals surface area (Å²) in [7, 11) is 1.71. The molecule has 0 aromatic rings. The summed E-state index contributed by atoms with van der Waals surface area (Å²) >= 11 is 3.94. The van der Waals surface area contributed by atoms with E-state index in [9.17, 15) is 4.79 Å². The van der Waals surface area contributed by atoms with Gasteiger partial charge in [-0.1, -0.05) is 6.92 Å². The van der Waals surface area contributed by atoms with Gasteiger partial charge >= 0.3 is 0 Å². The van der Waals surface area contributed by atoms with E-state index in [1.807, 2.05) is 6.92 Å². The quantitative estimate of drug-likeness (QED) is 0.432. The lowest BCUT2D eigenvalue weighted by atomic mass is 10.3. The first-order valence-corrected chi connectivity index (χ1v) is 3.12. The van der Waals surface area contributed by atoms with Gasteiger partial charge in [-0.15, -0.1) is 0 Å². The summed E-state index contributed by atoms with van der Waals surface area (Å²) in [6.45, 7) is 1.82. The van der Waals surface area contributed by atoms with E-state index < -0.39 is 0 Å². The van der Waals surface area contributed by atoms with E-state index in [1.54, 1.807) is 7.05 Å². The van der Waals surface area contributed by atoms with Crippen LogP contribution in [0, 0.1) is 0 Å². The second-order valence-electron chi connectivity index (χ2n) is 1.51. The zero-order valence-corrected chi connectivity index (χ0v) is 6.03. The summed E-state index contributed by atoms with van der Waals surface area (Å²) < 4.78 is 0. The molecule has 1 N–H and O–H groups in total. The highest BCUT2D eigenvalue weighted by atomic mass is 32.1. The van der Waals surface area contributed by atoms with Crippen LogP contribution in [0.2, 0.25) is 0 Å². The molecule has 1 atom stereocenters. The number of hydrogen-bond donors (Lipinski definition) is 2. The van der Waals surface area contributed by atoms with Gasteiger partial charge in [0.05, 0.1) is 0 Å². The van der Waals surface area contributed by atoms with Gasteiger partial charge in [-0.2, -0.15) is 12.6 Å². The van der Waals surface area contributed by atoms with Crippen LogP contribution in [0.4, 0.5) is 0 Å². The zero-order chi connectivity index (χ0) is 6.57. The number of carbonyl (C=O) groups excluding carboxylic acids is 1. The first-order valence-electron chi connectivity index (χ1n) is 2.60. The Morgan fingerprint density at radius 3 is 2.50 bits per heavy atom. The lowest BCUT2D eigenvalue weighted by Crippen LogP contribution is -2.27. The van der Waals surface area contributed by atoms with Crippen LogP contribution in [-0.4, -0.2) is 18.2 Å². The highest BCUT2D eigenvalue weighted by molar-refractivity contribution is 7.81. The summed E-state index contributed by atoms with van der Waals surface area (Å²) in [6, 6.07) is 0. The van der Waals surface area contributed by atoms with Crippen LogP contribution in [0.25, 0.3) is 0 Å². The minimum absolute atomic E-state index is 0.135. The summed E-state index contributed by atoms with van der Waals surface area (Å²) in [6.07, 6.45) is 0.551. The molecule has 0 aromatic heterocycles. The molecule has 0 aliphatic carbocycles. The third-order valence-electron chi connectivity index (χ3n) is 0.927. The van der Waals surface area contributed by atoms with Gasteiger partial charge in [-0.3, -0.25) is 4.79 Å². The Labute approximate surface area is 55.1 Å². The molecule has 0 aromatic carbocycles. The van der Waals surface area contributed by atoms with Gasteiger partial charge in [0.1, 0.15) is 5.37 Å². The average Bonchev–Trinajstić information content (AvgIpc) is 1.84. The van der Waals surface area contributed by atoms with Crippen LogP contribution in [0.3, 0.4) is 0 Å². The zero-order valence-electron chi connectivity index (χ0n) is 5.14. The van der Waals surface area contributed by atoms with Crippen LogP contribution >= 0.6 is 12.6 Å². The number of hydrogen-bond acceptors (Lipinski definition) is 3. The first-order chi connectivity index (χ1) is 3.72. The van der Waals surface area contributed by atoms with E-state index in [2.05, 4.69) is 17.9 Å². The molecule has 48 valence electrons. The van der Waals surface area contributed by atoms with Gasteiger partial charge in [0, 0.05) is 6.42 Å². The first kappa shape index (κ1) is 7.98. The maximum Gasteiger partial charge on any atom is 0.159 e. The van der Waals surface area contributed by atoms with E-state index in [4.69, 9.17) is 0 Å². The van der Waals surface area contributed by atoms with E-state index >= 15 is 0 Å². The Morgan fingerprint density at radius 2 is 2.38 bits per heavy atom. The second kappa shape index (κ2) is 3.92. The molecule has 0 radical (unpaired) electrons. The predicted molar refractivity (Wildman–Crippen MR) is 37.1 cm³/mol. The Morgan fingerprint density at radius 1 is 1.88 bits per heavy atom. The number of ketones is 1. The van der Waals surface area contributed by atoms with E-state index in [0.29, 0.717) is 6.42 Å². The third-order valence-corrected chi connectivity index (χ3v) is 1.47. The summed E-state index contributed by atoms with van der Waals surface area (Å²) in [5, 5.41) is 2.45. The molecule has 0 bridgehead atoms. The minimum Gasteiger partial charge on any atom is -0.302 e. The van der Waals surface area contributed by atoms with Crippen molar-refractivity contribution in [3.8, 4) is 0 Å². The molecule has 0 amide bonds. The summed E-state index contributed by atoms with van der Waals surface area (Å²) in [5.74, 6) is 0.135. The van der Waals surface area contributed by atoms with Crippen molar-refractivity contribution >= 4 is 18.4 Å². The lowest BCUT2D eigenvalue weighted by molar-refractivity contribution is -0.118. The molecule has 0 saturated carbocycles. The molecule has 0 rings (SSSR count). The number of thiol groups is 1. The molecule has 0 heterocycles. The van der Waals surface area contributed by atoms with Gasteiger partial charge < -0.3 is 5.32 Å². The highest BCUT2D eigenvalue weighted by Gasteiger charge is 2.06. The number of likely N-dealkylation sites (N-methyl/N-ethyl adjacent to an activating group) is 1. The fourth-order valence-electron chi connectivity index (χ4n) is 0.354. The van der Waals surface area contributed by atoms with Gasteiger partial charge in [-0.05, 0) is 7.05 Å². The molecule has 0 spiro atoms. The SMILES string of the molecule is CCC(=O)C(S)NC. The van der Waals surface area contributed by atoms with Gasteiger partial charge in [0.2, 0.25) is 0 Å². The van der Waals surface area contributed by atoms with Crippen LogP contribution in [0.1, 0.15) is 13.3 Å². The topological polar surface area (TPSA) is 29.1 Å². The normalized spacial score (nSPS) is 13.4. The van der Waals surface area contributed by atoms with Crippen molar-refractivity contribution in [3.05, 3.63) is 0 Å². The van der Waals surface area contributed by atoms with E-state index in [0.717, 1.165) is 0 Å². The Hall–Kier alpha value is -0.0200. The average molecular weight is 133 g/mol. The molecule has 0 aliphatic rings. The third kappa shape index (κ3) is 2.33. The number of nitrogens with one attached hydrogen (secondary N) is 1. The minimum atomic E-state index is -0.278. The molecule has 3 heteroatoms. The number of Topliss-reactive ketones (excluding diaryl/α,β-unsaturated/α-hetero) is 1. The Kier molecular flexibility index (Phi) is 3.91. The standard InChI is InChI=1S/C5H11NOS/c1-3-4(7)5(8)6-2/h5-6,8H,3H2,1-2H3. The van der Waals surface area contributed by atoms with Crippen molar-refractivity contribution in [1.29, 1.82) is 0 Å². The van der Waals surface area contributed by atoms with Crippen molar-refractivity contribution in [2.24, 2.45) is 0 Å². The molecular formula is C5H11NOS. The Balaban J connectivity index is 3.46. The number of rotatable bonds is 3. The number of carbonyl (C=O) groups is 1. The largest absolute Gasteiger partial charge is 0.302 e. The molecule has 2 nitrogen and oxygen atoms in total.